The Bertz CT molecular complexity index is 407. The van der Waals surface area contributed by atoms with Crippen LogP contribution in [0.5, 0.6) is 5.75 Å². The Hall–Kier alpha value is -0.580. The molecule has 1 N–H and O–H groups in total. The summed E-state index contributed by atoms with van der Waals surface area (Å²) in [5.41, 5.74) is 1.24. The van der Waals surface area contributed by atoms with Gasteiger partial charge >= 0.3 is 0 Å². The minimum absolute atomic E-state index is 0.857. The quantitative estimate of drug-likeness (QED) is 0.743. The van der Waals surface area contributed by atoms with Crippen molar-refractivity contribution in [2.45, 2.75) is 32.4 Å². The molecule has 4 heteroatoms. The molecule has 0 unspecified atom stereocenters. The number of benzene rings is 1. The molecule has 1 fully saturated rings. The molecule has 0 amide bonds. The molecule has 1 aliphatic carbocycles. The Morgan fingerprint density at radius 1 is 1.42 bits per heavy atom. The molecule has 106 valence electrons. The molecule has 3 nitrogen and oxygen atoms in total. The van der Waals surface area contributed by atoms with Crippen molar-refractivity contribution >= 4 is 15.9 Å². The fourth-order valence-electron chi connectivity index (χ4n) is 2.30. The van der Waals surface area contributed by atoms with Gasteiger partial charge in [-0.2, -0.15) is 0 Å². The Kier molecular flexibility index (Phi) is 5.67. The van der Waals surface area contributed by atoms with E-state index in [1.807, 2.05) is 12.1 Å². The molecule has 19 heavy (non-hydrogen) atoms. The van der Waals surface area contributed by atoms with Gasteiger partial charge in [0.2, 0.25) is 0 Å². The fourth-order valence-corrected chi connectivity index (χ4v) is 2.68. The third-order valence-electron chi connectivity index (χ3n) is 3.61. The summed E-state index contributed by atoms with van der Waals surface area (Å²) in [5.74, 6) is 0.910. The summed E-state index contributed by atoms with van der Waals surface area (Å²) in [6.45, 7) is 6.46. The van der Waals surface area contributed by atoms with Gasteiger partial charge in [-0.1, -0.05) is 22.9 Å². The second-order valence-electron chi connectivity index (χ2n) is 4.99. The number of halogens is 1. The molecular formula is C15H23BrN2O. The second-order valence-corrected chi connectivity index (χ2v) is 5.85. The highest BCUT2D eigenvalue weighted by atomic mass is 79.9. The van der Waals surface area contributed by atoms with Crippen LogP contribution in [0.15, 0.2) is 22.7 Å². The third-order valence-corrected chi connectivity index (χ3v) is 4.39. The Labute approximate surface area is 124 Å². The molecule has 1 aromatic carbocycles. The van der Waals surface area contributed by atoms with E-state index in [1.165, 1.54) is 18.4 Å². The van der Waals surface area contributed by atoms with Crippen molar-refractivity contribution in [3.63, 3.8) is 0 Å². The van der Waals surface area contributed by atoms with Gasteiger partial charge < -0.3 is 10.1 Å². The van der Waals surface area contributed by atoms with Crippen LogP contribution in [0, 0.1) is 0 Å². The molecule has 0 radical (unpaired) electrons. The van der Waals surface area contributed by atoms with E-state index in [9.17, 15) is 0 Å². The van der Waals surface area contributed by atoms with Gasteiger partial charge in [0.15, 0.2) is 0 Å². The maximum Gasteiger partial charge on any atom is 0.119 e. The highest BCUT2D eigenvalue weighted by Crippen LogP contribution is 2.26. The van der Waals surface area contributed by atoms with Gasteiger partial charge in [-0.3, -0.25) is 4.90 Å². The highest BCUT2D eigenvalue weighted by molar-refractivity contribution is 9.10. The van der Waals surface area contributed by atoms with Crippen molar-refractivity contribution in [2.24, 2.45) is 0 Å². The number of hydrogen-bond donors (Lipinski definition) is 1. The number of likely N-dealkylation sites (N-methyl/N-ethyl adjacent to an activating group) is 1. The van der Waals surface area contributed by atoms with Crippen LogP contribution in [0.3, 0.4) is 0 Å². The van der Waals surface area contributed by atoms with Crippen molar-refractivity contribution in [1.82, 2.24) is 10.2 Å². The molecule has 0 spiro atoms. The van der Waals surface area contributed by atoms with E-state index in [0.717, 1.165) is 42.4 Å². The molecular weight excluding hydrogens is 304 g/mol. The summed E-state index contributed by atoms with van der Waals surface area (Å²) < 4.78 is 6.39. The van der Waals surface area contributed by atoms with Crippen molar-refractivity contribution in [2.75, 3.05) is 26.7 Å². The third kappa shape index (κ3) is 4.48. The van der Waals surface area contributed by atoms with Crippen LogP contribution in [0.25, 0.3) is 0 Å². The predicted molar refractivity (Wildman–Crippen MR) is 82.7 cm³/mol. The van der Waals surface area contributed by atoms with Crippen LogP contribution in [-0.2, 0) is 6.54 Å². The zero-order chi connectivity index (χ0) is 13.7. The summed E-state index contributed by atoms with van der Waals surface area (Å²) in [4.78, 5) is 2.56. The molecule has 0 heterocycles. The van der Waals surface area contributed by atoms with Gasteiger partial charge in [0.1, 0.15) is 5.75 Å². The standard InChI is InChI=1S/C15H23BrN2O/c1-3-18(13-4-5-13)9-8-17-11-12-10-14(19-2)6-7-15(12)16/h6-7,10,13,17H,3-5,8-9,11H2,1-2H3. The first kappa shape index (κ1) is 14.8. The summed E-state index contributed by atoms with van der Waals surface area (Å²) >= 11 is 3.58. The average molecular weight is 327 g/mol. The lowest BCUT2D eigenvalue weighted by Gasteiger charge is -2.20. The zero-order valence-electron chi connectivity index (χ0n) is 11.8. The van der Waals surface area contributed by atoms with Gasteiger partial charge in [0.05, 0.1) is 7.11 Å². The summed E-state index contributed by atoms with van der Waals surface area (Å²) in [5, 5.41) is 3.51. The van der Waals surface area contributed by atoms with Gasteiger partial charge in [-0.05, 0) is 43.1 Å². The van der Waals surface area contributed by atoms with Crippen LogP contribution in [0.1, 0.15) is 25.3 Å². The van der Waals surface area contributed by atoms with Crippen molar-refractivity contribution in [3.05, 3.63) is 28.2 Å². The molecule has 1 saturated carbocycles. The van der Waals surface area contributed by atoms with Crippen molar-refractivity contribution in [3.8, 4) is 5.75 Å². The second kappa shape index (κ2) is 7.27. The molecule has 0 atom stereocenters. The van der Waals surface area contributed by atoms with Crippen molar-refractivity contribution in [1.29, 1.82) is 0 Å². The molecule has 0 aromatic heterocycles. The Morgan fingerprint density at radius 3 is 2.84 bits per heavy atom. The molecule has 1 aromatic rings. The molecule has 1 aliphatic rings. The van der Waals surface area contributed by atoms with Crippen LogP contribution in [-0.4, -0.2) is 37.7 Å². The van der Waals surface area contributed by atoms with Crippen LogP contribution in [0.4, 0.5) is 0 Å². The maximum absolute atomic E-state index is 5.25. The van der Waals surface area contributed by atoms with E-state index >= 15 is 0 Å². The minimum atomic E-state index is 0.857. The van der Waals surface area contributed by atoms with E-state index in [-0.39, 0.29) is 0 Å². The van der Waals surface area contributed by atoms with Crippen LogP contribution >= 0.6 is 15.9 Å². The van der Waals surface area contributed by atoms with E-state index < -0.39 is 0 Å². The predicted octanol–water partition coefficient (Wildman–Crippen LogP) is 3.03. The van der Waals surface area contributed by atoms with Crippen LogP contribution in [0.2, 0.25) is 0 Å². The number of ether oxygens (including phenoxy) is 1. The van der Waals surface area contributed by atoms with E-state index in [2.05, 4.69) is 39.1 Å². The lowest BCUT2D eigenvalue weighted by atomic mass is 10.2. The van der Waals surface area contributed by atoms with Gasteiger partial charge in [-0.25, -0.2) is 0 Å². The number of nitrogens with zero attached hydrogens (tertiary/aromatic N) is 1. The lowest BCUT2D eigenvalue weighted by Crippen LogP contribution is -2.33. The van der Waals surface area contributed by atoms with Gasteiger partial charge in [-0.15, -0.1) is 0 Å². The summed E-state index contributed by atoms with van der Waals surface area (Å²) in [6, 6.07) is 6.95. The lowest BCUT2D eigenvalue weighted by molar-refractivity contribution is 0.277. The first-order valence-corrected chi connectivity index (χ1v) is 7.81. The first-order chi connectivity index (χ1) is 9.24. The largest absolute Gasteiger partial charge is 0.497 e. The number of hydrogen-bond acceptors (Lipinski definition) is 3. The summed E-state index contributed by atoms with van der Waals surface area (Å²) in [6.07, 6.45) is 2.77. The number of nitrogens with one attached hydrogen (secondary N) is 1. The molecule has 0 aliphatic heterocycles. The Balaban J connectivity index is 1.75. The molecule has 0 saturated heterocycles. The first-order valence-electron chi connectivity index (χ1n) is 7.01. The fraction of sp³-hybridized carbons (Fsp3) is 0.600. The van der Waals surface area contributed by atoms with Gasteiger partial charge in [0.25, 0.3) is 0 Å². The molecule has 2 rings (SSSR count). The zero-order valence-corrected chi connectivity index (χ0v) is 13.4. The SMILES string of the molecule is CCN(CCNCc1cc(OC)ccc1Br)C1CC1. The smallest absolute Gasteiger partial charge is 0.119 e. The monoisotopic (exact) mass is 326 g/mol. The van der Waals surface area contributed by atoms with Crippen LogP contribution < -0.4 is 10.1 Å². The topological polar surface area (TPSA) is 24.5 Å². The van der Waals surface area contributed by atoms with E-state index in [4.69, 9.17) is 4.74 Å². The minimum Gasteiger partial charge on any atom is -0.497 e. The normalized spacial score (nSPS) is 14.9. The summed E-state index contributed by atoms with van der Waals surface area (Å²) in [7, 11) is 1.70. The number of rotatable bonds is 8. The number of methoxy groups -OCH3 is 1. The molecule has 0 bridgehead atoms. The highest BCUT2D eigenvalue weighted by Gasteiger charge is 2.26. The average Bonchev–Trinajstić information content (AvgIpc) is 3.25. The van der Waals surface area contributed by atoms with E-state index in [0.29, 0.717) is 0 Å². The Morgan fingerprint density at radius 2 is 2.21 bits per heavy atom. The van der Waals surface area contributed by atoms with Gasteiger partial charge in [0, 0.05) is 30.1 Å². The van der Waals surface area contributed by atoms with Crippen molar-refractivity contribution < 1.29 is 4.74 Å². The maximum atomic E-state index is 5.25. The van der Waals surface area contributed by atoms with E-state index in [1.54, 1.807) is 7.11 Å².